The monoisotopic (exact) mass is 453 g/mol. The number of aliphatic imine (C=N–C) groups is 1. The third-order valence-electron chi connectivity index (χ3n) is 3.60. The third-order valence-corrected chi connectivity index (χ3v) is 4.54. The van der Waals surface area contributed by atoms with Crippen LogP contribution in [0.3, 0.4) is 0 Å². The van der Waals surface area contributed by atoms with Crippen LogP contribution in [0, 0.1) is 5.92 Å². The van der Waals surface area contributed by atoms with Crippen LogP contribution in [0.25, 0.3) is 0 Å². The summed E-state index contributed by atoms with van der Waals surface area (Å²) >= 11 is 1.79. The SMILES string of the molecule is CN=C(NCCCOCC1CCOC1)NCCc1cccs1.I. The smallest absolute Gasteiger partial charge is 0.190 e. The van der Waals surface area contributed by atoms with Crippen LogP contribution >= 0.6 is 35.3 Å². The lowest BCUT2D eigenvalue weighted by atomic mass is 10.1. The van der Waals surface area contributed by atoms with E-state index in [2.05, 4.69) is 33.1 Å². The van der Waals surface area contributed by atoms with Crippen molar-refractivity contribution >= 4 is 41.3 Å². The van der Waals surface area contributed by atoms with Crippen molar-refractivity contribution in [3.8, 4) is 0 Å². The first kappa shape index (κ1) is 20.7. The Labute approximate surface area is 160 Å². The summed E-state index contributed by atoms with van der Waals surface area (Å²) in [5.74, 6) is 1.46. The van der Waals surface area contributed by atoms with Crippen molar-refractivity contribution in [2.24, 2.45) is 10.9 Å². The molecule has 23 heavy (non-hydrogen) atoms. The van der Waals surface area contributed by atoms with E-state index in [-0.39, 0.29) is 24.0 Å². The van der Waals surface area contributed by atoms with E-state index in [1.54, 1.807) is 18.4 Å². The number of hydrogen-bond donors (Lipinski definition) is 2. The van der Waals surface area contributed by atoms with Gasteiger partial charge in [0.25, 0.3) is 0 Å². The molecule has 0 aromatic carbocycles. The van der Waals surface area contributed by atoms with Gasteiger partial charge in [-0.1, -0.05) is 6.07 Å². The van der Waals surface area contributed by atoms with Crippen molar-refractivity contribution in [2.75, 3.05) is 46.6 Å². The van der Waals surface area contributed by atoms with Crippen LogP contribution in [0.5, 0.6) is 0 Å². The fourth-order valence-electron chi connectivity index (χ4n) is 2.33. The van der Waals surface area contributed by atoms with Gasteiger partial charge in [-0.3, -0.25) is 4.99 Å². The maximum atomic E-state index is 5.68. The molecule has 1 aliphatic rings. The van der Waals surface area contributed by atoms with Gasteiger partial charge in [-0.25, -0.2) is 0 Å². The van der Waals surface area contributed by atoms with Crippen LogP contribution in [0.4, 0.5) is 0 Å². The molecule has 7 heteroatoms. The molecule has 1 aromatic heterocycles. The quantitative estimate of drug-likeness (QED) is 0.261. The number of halogens is 1. The molecule has 1 aliphatic heterocycles. The number of nitrogens with zero attached hydrogens (tertiary/aromatic N) is 1. The van der Waals surface area contributed by atoms with Crippen molar-refractivity contribution < 1.29 is 9.47 Å². The lowest BCUT2D eigenvalue weighted by molar-refractivity contribution is 0.0888. The topological polar surface area (TPSA) is 54.9 Å². The fraction of sp³-hybridized carbons (Fsp3) is 0.688. The molecular formula is C16H28IN3O2S. The summed E-state index contributed by atoms with van der Waals surface area (Å²) < 4.78 is 11.0. The van der Waals surface area contributed by atoms with Gasteiger partial charge in [0.15, 0.2) is 5.96 Å². The van der Waals surface area contributed by atoms with E-state index >= 15 is 0 Å². The first-order chi connectivity index (χ1) is 10.9. The molecular weight excluding hydrogens is 425 g/mol. The zero-order valence-electron chi connectivity index (χ0n) is 13.8. The summed E-state index contributed by atoms with van der Waals surface area (Å²) in [6, 6.07) is 4.25. The maximum absolute atomic E-state index is 5.68. The van der Waals surface area contributed by atoms with Crippen LogP contribution in [-0.2, 0) is 15.9 Å². The summed E-state index contributed by atoms with van der Waals surface area (Å²) in [5, 5.41) is 8.76. The van der Waals surface area contributed by atoms with E-state index in [1.165, 1.54) is 4.88 Å². The number of ether oxygens (including phenoxy) is 2. The molecule has 132 valence electrons. The molecule has 1 atom stereocenters. The molecule has 0 saturated carbocycles. The molecule has 2 rings (SSSR count). The molecule has 0 bridgehead atoms. The minimum Gasteiger partial charge on any atom is -0.381 e. The van der Waals surface area contributed by atoms with Gasteiger partial charge in [-0.15, -0.1) is 35.3 Å². The lowest BCUT2D eigenvalue weighted by Crippen LogP contribution is -2.39. The number of nitrogens with one attached hydrogen (secondary N) is 2. The Balaban J connectivity index is 0.00000264. The number of guanidine groups is 1. The Morgan fingerprint density at radius 3 is 3.00 bits per heavy atom. The zero-order chi connectivity index (χ0) is 15.5. The van der Waals surface area contributed by atoms with Gasteiger partial charge in [0, 0.05) is 44.1 Å². The van der Waals surface area contributed by atoms with Crippen molar-refractivity contribution in [1.82, 2.24) is 10.6 Å². The van der Waals surface area contributed by atoms with Crippen LogP contribution in [-0.4, -0.2) is 52.5 Å². The van der Waals surface area contributed by atoms with E-state index in [4.69, 9.17) is 9.47 Å². The highest BCUT2D eigenvalue weighted by Gasteiger charge is 2.15. The van der Waals surface area contributed by atoms with Crippen LogP contribution < -0.4 is 10.6 Å². The summed E-state index contributed by atoms with van der Waals surface area (Å²) in [6.07, 6.45) is 3.16. The van der Waals surface area contributed by atoms with Crippen molar-refractivity contribution in [3.05, 3.63) is 22.4 Å². The Bertz CT molecular complexity index is 423. The van der Waals surface area contributed by atoms with E-state index in [0.717, 1.165) is 64.7 Å². The van der Waals surface area contributed by atoms with E-state index in [0.29, 0.717) is 5.92 Å². The zero-order valence-corrected chi connectivity index (χ0v) is 16.9. The van der Waals surface area contributed by atoms with Gasteiger partial charge >= 0.3 is 0 Å². The van der Waals surface area contributed by atoms with Gasteiger partial charge in [-0.2, -0.15) is 0 Å². The largest absolute Gasteiger partial charge is 0.381 e. The Morgan fingerprint density at radius 2 is 2.30 bits per heavy atom. The highest BCUT2D eigenvalue weighted by atomic mass is 127. The number of rotatable bonds is 9. The maximum Gasteiger partial charge on any atom is 0.190 e. The van der Waals surface area contributed by atoms with E-state index < -0.39 is 0 Å². The van der Waals surface area contributed by atoms with E-state index in [1.807, 2.05) is 0 Å². The van der Waals surface area contributed by atoms with Crippen molar-refractivity contribution in [2.45, 2.75) is 19.3 Å². The molecule has 0 radical (unpaired) electrons. The second-order valence-corrected chi connectivity index (χ2v) is 6.45. The first-order valence-electron chi connectivity index (χ1n) is 8.01. The summed E-state index contributed by atoms with van der Waals surface area (Å²) in [6.45, 7) is 5.14. The van der Waals surface area contributed by atoms with E-state index in [9.17, 15) is 0 Å². The molecule has 0 amide bonds. The van der Waals surface area contributed by atoms with Crippen molar-refractivity contribution in [3.63, 3.8) is 0 Å². The fourth-order valence-corrected chi connectivity index (χ4v) is 3.03. The molecule has 0 spiro atoms. The molecule has 5 nitrogen and oxygen atoms in total. The Kier molecular flexibility index (Phi) is 11.7. The number of hydrogen-bond acceptors (Lipinski definition) is 4. The summed E-state index contributed by atoms with van der Waals surface area (Å²) in [4.78, 5) is 5.62. The van der Waals surface area contributed by atoms with Gasteiger partial charge in [0.1, 0.15) is 0 Å². The van der Waals surface area contributed by atoms with Gasteiger partial charge in [0.05, 0.1) is 13.2 Å². The minimum absolute atomic E-state index is 0. The predicted octanol–water partition coefficient (Wildman–Crippen LogP) is 2.52. The summed E-state index contributed by atoms with van der Waals surface area (Å²) in [7, 11) is 1.80. The molecule has 1 unspecified atom stereocenters. The van der Waals surface area contributed by atoms with Gasteiger partial charge < -0.3 is 20.1 Å². The van der Waals surface area contributed by atoms with Crippen molar-refractivity contribution in [1.29, 1.82) is 0 Å². The second kappa shape index (κ2) is 13.0. The summed E-state index contributed by atoms with van der Waals surface area (Å²) in [5.41, 5.74) is 0. The molecule has 2 heterocycles. The second-order valence-electron chi connectivity index (χ2n) is 5.41. The highest BCUT2D eigenvalue weighted by molar-refractivity contribution is 14.0. The highest BCUT2D eigenvalue weighted by Crippen LogP contribution is 2.12. The predicted molar refractivity (Wildman–Crippen MR) is 107 cm³/mol. The standard InChI is InChI=1S/C16H27N3O2S.HI/c1-17-16(19-8-5-15-4-2-11-22-15)18-7-3-9-20-12-14-6-10-21-13-14;/h2,4,11,14H,3,5-10,12-13H2,1H3,(H2,17,18,19);1H. The lowest BCUT2D eigenvalue weighted by Gasteiger charge is -2.12. The van der Waals surface area contributed by atoms with Gasteiger partial charge in [0.2, 0.25) is 0 Å². The van der Waals surface area contributed by atoms with Crippen LogP contribution in [0.15, 0.2) is 22.5 Å². The molecule has 2 N–H and O–H groups in total. The van der Waals surface area contributed by atoms with Gasteiger partial charge in [-0.05, 0) is 30.7 Å². The molecule has 1 aromatic rings. The Morgan fingerprint density at radius 1 is 1.43 bits per heavy atom. The van der Waals surface area contributed by atoms with Crippen LogP contribution in [0.2, 0.25) is 0 Å². The average Bonchev–Trinajstić information content (AvgIpc) is 3.22. The first-order valence-corrected chi connectivity index (χ1v) is 8.89. The van der Waals surface area contributed by atoms with Crippen LogP contribution in [0.1, 0.15) is 17.7 Å². The normalized spacial score (nSPS) is 17.8. The minimum atomic E-state index is 0. The molecule has 0 aliphatic carbocycles. The number of thiophene rings is 1. The molecule has 1 saturated heterocycles. The molecule has 1 fully saturated rings. The third kappa shape index (κ3) is 8.88. The Hall–Kier alpha value is -0.380. The average molecular weight is 453 g/mol.